The minimum Gasteiger partial charge on any atom is -0.343 e. The van der Waals surface area contributed by atoms with Crippen LogP contribution in [0.4, 0.5) is 10.5 Å². The Morgan fingerprint density at radius 2 is 1.59 bits per heavy atom. The van der Waals surface area contributed by atoms with E-state index in [0.29, 0.717) is 19.6 Å². The standard InChI is InChI=1S/C21H29IN4O3/c22-17-4-6-18(7-5-17)24-21(29)23-11-8-19(27)25-14-9-16(10-15-25)20(28)26-12-2-1-3-13-26/h4-7,16H,1-3,8-15H2,(H2,23,24,29). The Hall–Kier alpha value is -1.84. The predicted molar refractivity (Wildman–Crippen MR) is 121 cm³/mol. The first-order chi connectivity index (χ1) is 14.0. The van der Waals surface area contributed by atoms with Crippen molar-refractivity contribution in [3.63, 3.8) is 0 Å². The number of nitrogens with zero attached hydrogens (tertiary/aromatic N) is 2. The molecule has 1 aromatic carbocycles. The number of hydrogen-bond donors (Lipinski definition) is 2. The maximum atomic E-state index is 12.6. The van der Waals surface area contributed by atoms with Crippen LogP contribution >= 0.6 is 22.6 Å². The third kappa shape index (κ3) is 6.58. The van der Waals surface area contributed by atoms with Gasteiger partial charge in [0, 0.05) is 54.3 Å². The van der Waals surface area contributed by atoms with E-state index in [1.165, 1.54) is 6.42 Å². The first-order valence-electron chi connectivity index (χ1n) is 10.4. The lowest BCUT2D eigenvalue weighted by molar-refractivity contribution is -0.141. The Balaban J connectivity index is 1.33. The number of urea groups is 1. The van der Waals surface area contributed by atoms with Crippen molar-refractivity contribution in [2.45, 2.75) is 38.5 Å². The summed E-state index contributed by atoms with van der Waals surface area (Å²) in [5, 5.41) is 5.48. The van der Waals surface area contributed by atoms with E-state index in [-0.39, 0.29) is 30.2 Å². The maximum Gasteiger partial charge on any atom is 0.319 e. The summed E-state index contributed by atoms with van der Waals surface area (Å²) in [5.41, 5.74) is 0.717. The highest BCUT2D eigenvalue weighted by Gasteiger charge is 2.30. The molecule has 2 fully saturated rings. The number of carbonyl (C=O) groups excluding carboxylic acids is 3. The molecule has 0 aromatic heterocycles. The average molecular weight is 512 g/mol. The molecule has 2 saturated heterocycles. The minimum atomic E-state index is -0.315. The largest absolute Gasteiger partial charge is 0.343 e. The van der Waals surface area contributed by atoms with Crippen molar-refractivity contribution in [2.75, 3.05) is 38.0 Å². The molecule has 158 valence electrons. The fourth-order valence-electron chi connectivity index (χ4n) is 3.90. The van der Waals surface area contributed by atoms with Gasteiger partial charge in [-0.2, -0.15) is 0 Å². The van der Waals surface area contributed by atoms with Crippen LogP contribution in [0.15, 0.2) is 24.3 Å². The molecule has 0 saturated carbocycles. The monoisotopic (exact) mass is 512 g/mol. The van der Waals surface area contributed by atoms with Gasteiger partial charge in [-0.25, -0.2) is 4.79 Å². The number of nitrogens with one attached hydrogen (secondary N) is 2. The van der Waals surface area contributed by atoms with Gasteiger partial charge in [-0.15, -0.1) is 0 Å². The van der Waals surface area contributed by atoms with Crippen molar-refractivity contribution in [2.24, 2.45) is 5.92 Å². The van der Waals surface area contributed by atoms with Crippen LogP contribution in [0.2, 0.25) is 0 Å². The molecule has 0 radical (unpaired) electrons. The van der Waals surface area contributed by atoms with Gasteiger partial charge < -0.3 is 20.4 Å². The molecule has 2 heterocycles. The summed E-state index contributed by atoms with van der Waals surface area (Å²) < 4.78 is 1.10. The van der Waals surface area contributed by atoms with Crippen LogP contribution in [-0.2, 0) is 9.59 Å². The van der Waals surface area contributed by atoms with Gasteiger partial charge in [0.05, 0.1) is 0 Å². The Morgan fingerprint density at radius 1 is 0.931 bits per heavy atom. The average Bonchev–Trinajstić information content (AvgIpc) is 2.75. The van der Waals surface area contributed by atoms with Gasteiger partial charge in [-0.1, -0.05) is 0 Å². The van der Waals surface area contributed by atoms with Crippen molar-refractivity contribution < 1.29 is 14.4 Å². The number of piperidine rings is 2. The van der Waals surface area contributed by atoms with Crippen molar-refractivity contribution in [1.29, 1.82) is 0 Å². The number of carbonyl (C=O) groups is 3. The fourth-order valence-corrected chi connectivity index (χ4v) is 4.26. The zero-order valence-corrected chi connectivity index (χ0v) is 18.8. The number of benzene rings is 1. The normalized spacial score (nSPS) is 17.7. The van der Waals surface area contributed by atoms with Crippen molar-refractivity contribution in [3.05, 3.63) is 27.8 Å². The van der Waals surface area contributed by atoms with Crippen LogP contribution in [0.25, 0.3) is 0 Å². The lowest BCUT2D eigenvalue weighted by Crippen LogP contribution is -2.46. The molecule has 0 aliphatic carbocycles. The Kier molecular flexibility index (Phi) is 8.14. The summed E-state index contributed by atoms with van der Waals surface area (Å²) >= 11 is 2.21. The molecule has 1 aromatic rings. The van der Waals surface area contributed by atoms with E-state index in [1.54, 1.807) is 0 Å². The first kappa shape index (κ1) is 21.9. The summed E-state index contributed by atoms with van der Waals surface area (Å²) in [7, 11) is 0. The molecule has 0 unspecified atom stereocenters. The summed E-state index contributed by atoms with van der Waals surface area (Å²) in [6, 6.07) is 7.19. The zero-order chi connectivity index (χ0) is 20.6. The maximum absolute atomic E-state index is 12.6. The molecular weight excluding hydrogens is 483 g/mol. The Bertz CT molecular complexity index is 711. The molecule has 2 N–H and O–H groups in total. The molecule has 8 heteroatoms. The molecule has 3 rings (SSSR count). The second kappa shape index (κ2) is 10.8. The van der Waals surface area contributed by atoms with Crippen LogP contribution in [-0.4, -0.2) is 60.4 Å². The summed E-state index contributed by atoms with van der Waals surface area (Å²) in [6.45, 7) is 3.30. The van der Waals surface area contributed by atoms with E-state index >= 15 is 0 Å². The predicted octanol–water partition coefficient (Wildman–Crippen LogP) is 3.05. The Labute approximate surface area is 185 Å². The number of anilines is 1. The van der Waals surface area contributed by atoms with Crippen LogP contribution < -0.4 is 10.6 Å². The molecule has 2 aliphatic rings. The Morgan fingerprint density at radius 3 is 2.24 bits per heavy atom. The smallest absolute Gasteiger partial charge is 0.319 e. The lowest BCUT2D eigenvalue weighted by Gasteiger charge is -2.35. The topological polar surface area (TPSA) is 81.8 Å². The van der Waals surface area contributed by atoms with Gasteiger partial charge in [0.25, 0.3) is 0 Å². The fraction of sp³-hybridized carbons (Fsp3) is 0.571. The van der Waals surface area contributed by atoms with E-state index in [9.17, 15) is 14.4 Å². The molecule has 0 spiro atoms. The quantitative estimate of drug-likeness (QED) is 0.596. The van der Waals surface area contributed by atoms with E-state index in [4.69, 9.17) is 0 Å². The van der Waals surface area contributed by atoms with Crippen LogP contribution in [0, 0.1) is 9.49 Å². The highest BCUT2D eigenvalue weighted by Crippen LogP contribution is 2.22. The highest BCUT2D eigenvalue weighted by molar-refractivity contribution is 14.1. The third-order valence-electron chi connectivity index (χ3n) is 5.59. The number of rotatable bonds is 5. The summed E-state index contributed by atoms with van der Waals surface area (Å²) in [4.78, 5) is 40.8. The second-order valence-corrected chi connectivity index (χ2v) is 8.92. The molecule has 0 bridgehead atoms. The van der Waals surface area contributed by atoms with Gasteiger partial charge in [-0.3, -0.25) is 9.59 Å². The number of amides is 4. The molecular formula is C21H29IN4O3. The zero-order valence-electron chi connectivity index (χ0n) is 16.7. The second-order valence-electron chi connectivity index (χ2n) is 7.68. The first-order valence-corrected chi connectivity index (χ1v) is 11.5. The highest BCUT2D eigenvalue weighted by atomic mass is 127. The molecule has 7 nitrogen and oxygen atoms in total. The van der Waals surface area contributed by atoms with Gasteiger partial charge in [0.15, 0.2) is 0 Å². The van der Waals surface area contributed by atoms with Crippen molar-refractivity contribution in [3.8, 4) is 0 Å². The SMILES string of the molecule is O=C(NCCC(=O)N1CCC(C(=O)N2CCCCC2)CC1)Nc1ccc(I)cc1. The van der Waals surface area contributed by atoms with Crippen molar-refractivity contribution in [1.82, 2.24) is 15.1 Å². The van der Waals surface area contributed by atoms with Crippen LogP contribution in [0.1, 0.15) is 38.5 Å². The van der Waals surface area contributed by atoms with E-state index in [0.717, 1.165) is 48.0 Å². The number of halogens is 1. The van der Waals surface area contributed by atoms with Gasteiger partial charge in [0.1, 0.15) is 0 Å². The minimum absolute atomic E-state index is 0.0310. The number of hydrogen-bond acceptors (Lipinski definition) is 3. The van der Waals surface area contributed by atoms with E-state index < -0.39 is 0 Å². The van der Waals surface area contributed by atoms with E-state index in [1.807, 2.05) is 34.1 Å². The van der Waals surface area contributed by atoms with Crippen molar-refractivity contribution >= 4 is 46.1 Å². The molecule has 0 atom stereocenters. The third-order valence-corrected chi connectivity index (χ3v) is 6.31. The summed E-state index contributed by atoms with van der Waals surface area (Å²) in [6.07, 6.45) is 5.17. The van der Waals surface area contributed by atoms with Crippen LogP contribution in [0.3, 0.4) is 0 Å². The summed E-state index contributed by atoms with van der Waals surface area (Å²) in [5.74, 6) is 0.351. The molecule has 4 amide bonds. The lowest BCUT2D eigenvalue weighted by atomic mass is 9.94. The molecule has 29 heavy (non-hydrogen) atoms. The van der Waals surface area contributed by atoms with Gasteiger partial charge in [-0.05, 0) is 79.0 Å². The van der Waals surface area contributed by atoms with E-state index in [2.05, 4.69) is 33.2 Å². The molecule has 2 aliphatic heterocycles. The van der Waals surface area contributed by atoms with Crippen LogP contribution in [0.5, 0.6) is 0 Å². The number of likely N-dealkylation sites (tertiary alicyclic amines) is 2. The van der Waals surface area contributed by atoms with Gasteiger partial charge >= 0.3 is 6.03 Å². The van der Waals surface area contributed by atoms with Gasteiger partial charge in [0.2, 0.25) is 11.8 Å².